The number of primary amides is 1. The third kappa shape index (κ3) is 5.30. The third-order valence-corrected chi connectivity index (χ3v) is 2.53. The number of carbonyl (C=O) groups is 3. The van der Waals surface area contributed by atoms with Crippen molar-refractivity contribution in [3.05, 3.63) is 0 Å². The summed E-state index contributed by atoms with van der Waals surface area (Å²) in [6.07, 6.45) is 3.24. The molecular weight excluding hydrogens is 224 g/mol. The molecule has 96 valence electrons. The van der Waals surface area contributed by atoms with Crippen LogP contribution in [0.3, 0.4) is 0 Å². The van der Waals surface area contributed by atoms with Gasteiger partial charge in [0.05, 0.1) is 13.1 Å². The van der Waals surface area contributed by atoms with Crippen LogP contribution in [0.5, 0.6) is 0 Å². The summed E-state index contributed by atoms with van der Waals surface area (Å²) < 4.78 is 0. The van der Waals surface area contributed by atoms with Crippen LogP contribution in [0.25, 0.3) is 0 Å². The predicted molar refractivity (Wildman–Crippen MR) is 61.0 cm³/mol. The van der Waals surface area contributed by atoms with E-state index in [4.69, 9.17) is 5.73 Å². The Morgan fingerprint density at radius 3 is 2.29 bits per heavy atom. The number of likely N-dealkylation sites (tertiary alicyclic amines) is 1. The average molecular weight is 242 g/mol. The Hall–Kier alpha value is -1.63. The zero-order chi connectivity index (χ0) is 12.7. The number of imide groups is 1. The highest BCUT2D eigenvalue weighted by atomic mass is 16.2. The predicted octanol–water partition coefficient (Wildman–Crippen LogP) is -1.22. The van der Waals surface area contributed by atoms with Crippen LogP contribution in [0, 0.1) is 0 Å². The Labute approximate surface area is 99.7 Å². The monoisotopic (exact) mass is 242 g/mol. The molecule has 0 aromatic heterocycles. The second kappa shape index (κ2) is 6.85. The number of nitrogens with one attached hydrogen (secondary N) is 2. The van der Waals surface area contributed by atoms with Gasteiger partial charge in [-0.15, -0.1) is 0 Å². The van der Waals surface area contributed by atoms with E-state index in [-0.39, 0.29) is 19.0 Å². The molecule has 0 spiro atoms. The van der Waals surface area contributed by atoms with Gasteiger partial charge in [-0.1, -0.05) is 0 Å². The lowest BCUT2D eigenvalue weighted by Crippen LogP contribution is -2.45. The molecule has 4 N–H and O–H groups in total. The minimum Gasteiger partial charge on any atom is -0.351 e. The largest absolute Gasteiger partial charge is 0.351 e. The minimum atomic E-state index is -0.890. The molecule has 4 amide bonds. The number of rotatable bonds is 4. The molecule has 0 aliphatic carbocycles. The van der Waals surface area contributed by atoms with E-state index in [0.717, 1.165) is 32.4 Å². The molecule has 0 saturated carbocycles. The first kappa shape index (κ1) is 13.4. The molecule has 7 nitrogen and oxygen atoms in total. The fraction of sp³-hybridized carbons (Fsp3) is 0.700. The highest BCUT2D eigenvalue weighted by Crippen LogP contribution is 2.07. The lowest BCUT2D eigenvalue weighted by Gasteiger charge is -2.26. The zero-order valence-electron chi connectivity index (χ0n) is 9.70. The second-order valence-electron chi connectivity index (χ2n) is 3.96. The molecule has 1 saturated heterocycles. The van der Waals surface area contributed by atoms with E-state index >= 15 is 0 Å². The maximum absolute atomic E-state index is 11.6. The van der Waals surface area contributed by atoms with Gasteiger partial charge >= 0.3 is 6.03 Å². The first-order valence-electron chi connectivity index (χ1n) is 5.67. The number of nitrogens with two attached hydrogens (primary N) is 1. The van der Waals surface area contributed by atoms with Gasteiger partial charge in [0.15, 0.2) is 0 Å². The number of amides is 4. The smallest absolute Gasteiger partial charge is 0.318 e. The molecule has 0 aromatic rings. The first-order chi connectivity index (χ1) is 8.09. The second-order valence-corrected chi connectivity index (χ2v) is 3.96. The van der Waals surface area contributed by atoms with Gasteiger partial charge in [-0.3, -0.25) is 20.2 Å². The summed E-state index contributed by atoms with van der Waals surface area (Å²) in [6, 6.07) is -0.890. The lowest BCUT2D eigenvalue weighted by molar-refractivity contribution is -0.131. The van der Waals surface area contributed by atoms with E-state index < -0.39 is 11.9 Å². The van der Waals surface area contributed by atoms with Crippen LogP contribution in [0.1, 0.15) is 19.3 Å². The molecule has 0 atom stereocenters. The summed E-state index contributed by atoms with van der Waals surface area (Å²) in [7, 11) is 0. The van der Waals surface area contributed by atoms with Crippen LogP contribution in [0.4, 0.5) is 4.79 Å². The molecule has 1 fully saturated rings. The molecule has 0 bridgehead atoms. The van der Waals surface area contributed by atoms with Crippen molar-refractivity contribution in [3.8, 4) is 0 Å². The molecule has 17 heavy (non-hydrogen) atoms. The number of hydrogen-bond donors (Lipinski definition) is 3. The zero-order valence-corrected chi connectivity index (χ0v) is 9.70. The van der Waals surface area contributed by atoms with Crippen molar-refractivity contribution >= 4 is 17.8 Å². The molecule has 1 heterocycles. The van der Waals surface area contributed by atoms with Gasteiger partial charge < -0.3 is 10.6 Å². The van der Waals surface area contributed by atoms with Crippen molar-refractivity contribution in [1.82, 2.24) is 15.5 Å². The summed E-state index contributed by atoms with van der Waals surface area (Å²) in [5, 5.41) is 4.59. The first-order valence-corrected chi connectivity index (χ1v) is 5.67. The molecular formula is C10H18N4O3. The minimum absolute atomic E-state index is 0.0171. The van der Waals surface area contributed by atoms with Crippen molar-refractivity contribution in [2.75, 3.05) is 26.2 Å². The van der Waals surface area contributed by atoms with Crippen molar-refractivity contribution in [2.45, 2.75) is 19.3 Å². The standard InChI is InChI=1S/C10H18N4O3/c11-10(17)13-8(15)6-12-7-9(16)14-4-2-1-3-5-14/h12H,1-7H2,(H3,11,13,15,17). The van der Waals surface area contributed by atoms with E-state index in [9.17, 15) is 14.4 Å². The summed E-state index contributed by atoms with van der Waals surface area (Å²) in [6.45, 7) is 1.58. The number of urea groups is 1. The highest BCUT2D eigenvalue weighted by molar-refractivity contribution is 5.94. The Balaban J connectivity index is 2.15. The number of hydrogen-bond acceptors (Lipinski definition) is 4. The van der Waals surface area contributed by atoms with Gasteiger partial charge in [0.25, 0.3) is 0 Å². The highest BCUT2D eigenvalue weighted by Gasteiger charge is 2.16. The summed E-state index contributed by atoms with van der Waals surface area (Å²) >= 11 is 0. The van der Waals surface area contributed by atoms with Crippen molar-refractivity contribution in [2.24, 2.45) is 5.73 Å². The Morgan fingerprint density at radius 2 is 1.71 bits per heavy atom. The maximum Gasteiger partial charge on any atom is 0.318 e. The average Bonchev–Trinajstić information content (AvgIpc) is 2.29. The van der Waals surface area contributed by atoms with Gasteiger partial charge in [0.2, 0.25) is 11.8 Å². The van der Waals surface area contributed by atoms with E-state index in [2.05, 4.69) is 5.32 Å². The maximum atomic E-state index is 11.6. The molecule has 7 heteroatoms. The molecule has 0 unspecified atom stereocenters. The quantitative estimate of drug-likeness (QED) is 0.575. The van der Waals surface area contributed by atoms with Gasteiger partial charge in [0.1, 0.15) is 0 Å². The molecule has 0 radical (unpaired) electrons. The van der Waals surface area contributed by atoms with Gasteiger partial charge in [0, 0.05) is 13.1 Å². The van der Waals surface area contributed by atoms with Gasteiger partial charge in [-0.25, -0.2) is 4.79 Å². The van der Waals surface area contributed by atoms with Crippen molar-refractivity contribution < 1.29 is 14.4 Å². The molecule has 1 aliphatic rings. The topological polar surface area (TPSA) is 105 Å². The van der Waals surface area contributed by atoms with E-state index in [1.165, 1.54) is 0 Å². The Morgan fingerprint density at radius 1 is 1.06 bits per heavy atom. The molecule has 0 aromatic carbocycles. The lowest BCUT2D eigenvalue weighted by atomic mass is 10.1. The van der Waals surface area contributed by atoms with Gasteiger partial charge in [-0.05, 0) is 19.3 Å². The molecule has 1 rings (SSSR count). The SMILES string of the molecule is NC(=O)NC(=O)CNCC(=O)N1CCCCC1. The van der Waals surface area contributed by atoms with E-state index in [1.54, 1.807) is 4.90 Å². The van der Waals surface area contributed by atoms with Crippen LogP contribution in [-0.2, 0) is 9.59 Å². The Bertz CT molecular complexity index is 300. The number of piperidine rings is 1. The van der Waals surface area contributed by atoms with Crippen molar-refractivity contribution in [3.63, 3.8) is 0 Å². The summed E-state index contributed by atoms with van der Waals surface area (Å²) in [4.78, 5) is 34.8. The van der Waals surface area contributed by atoms with Crippen LogP contribution in [0.15, 0.2) is 0 Å². The fourth-order valence-electron chi connectivity index (χ4n) is 1.72. The van der Waals surface area contributed by atoms with Crippen molar-refractivity contribution in [1.29, 1.82) is 0 Å². The summed E-state index contributed by atoms with van der Waals surface area (Å²) in [5.74, 6) is -0.555. The Kier molecular flexibility index (Phi) is 5.41. The third-order valence-electron chi connectivity index (χ3n) is 2.53. The van der Waals surface area contributed by atoms with Gasteiger partial charge in [-0.2, -0.15) is 0 Å². The van der Waals surface area contributed by atoms with Crippen LogP contribution in [-0.4, -0.2) is 48.9 Å². The van der Waals surface area contributed by atoms with Crippen LogP contribution in [0.2, 0.25) is 0 Å². The number of carbonyl (C=O) groups excluding carboxylic acids is 3. The number of nitrogens with zero attached hydrogens (tertiary/aromatic N) is 1. The van der Waals surface area contributed by atoms with E-state index in [1.807, 2.05) is 5.32 Å². The normalized spacial score (nSPS) is 15.4. The fourth-order valence-corrected chi connectivity index (χ4v) is 1.72. The molecule has 1 aliphatic heterocycles. The van der Waals surface area contributed by atoms with E-state index in [0.29, 0.717) is 0 Å². The van der Waals surface area contributed by atoms with Crippen LogP contribution < -0.4 is 16.4 Å². The van der Waals surface area contributed by atoms with Crippen LogP contribution >= 0.6 is 0 Å². The summed E-state index contributed by atoms with van der Waals surface area (Å²) in [5.41, 5.74) is 4.77.